The first kappa shape index (κ1) is 14.6. The normalized spacial score (nSPS) is 23.1. The Bertz CT molecular complexity index is 499. The van der Waals surface area contributed by atoms with Crippen LogP contribution in [0.2, 0.25) is 0 Å². The maximum absolute atomic E-state index is 12.2. The van der Waals surface area contributed by atoms with Gasteiger partial charge in [0, 0.05) is 24.7 Å². The number of piperidine rings is 1. The SMILES string of the molecule is COc1cccc(C=CC(=O)N2CCC(N)CC2C)c1. The molecule has 1 aliphatic rings. The summed E-state index contributed by atoms with van der Waals surface area (Å²) in [4.78, 5) is 14.1. The van der Waals surface area contributed by atoms with Gasteiger partial charge >= 0.3 is 0 Å². The Hall–Kier alpha value is -1.81. The molecule has 2 N–H and O–H groups in total. The van der Waals surface area contributed by atoms with E-state index >= 15 is 0 Å². The second kappa shape index (κ2) is 6.57. The number of methoxy groups -OCH3 is 1. The molecule has 1 aromatic rings. The number of ether oxygens (including phenoxy) is 1. The molecule has 2 atom stereocenters. The second-order valence-electron chi connectivity index (χ2n) is 5.28. The van der Waals surface area contributed by atoms with Gasteiger partial charge in [-0.25, -0.2) is 0 Å². The van der Waals surface area contributed by atoms with E-state index in [2.05, 4.69) is 6.92 Å². The van der Waals surface area contributed by atoms with Crippen LogP contribution < -0.4 is 10.5 Å². The molecule has 0 aromatic heterocycles. The van der Waals surface area contributed by atoms with E-state index in [0.717, 1.165) is 30.7 Å². The Kier molecular flexibility index (Phi) is 4.79. The first-order valence-corrected chi connectivity index (χ1v) is 6.98. The molecule has 0 spiro atoms. The molecule has 20 heavy (non-hydrogen) atoms. The van der Waals surface area contributed by atoms with Gasteiger partial charge in [0.05, 0.1) is 7.11 Å². The molecule has 1 aromatic carbocycles. The Morgan fingerprint density at radius 3 is 3.00 bits per heavy atom. The number of likely N-dealkylation sites (tertiary alicyclic amines) is 1. The molecule has 1 amide bonds. The maximum Gasteiger partial charge on any atom is 0.246 e. The summed E-state index contributed by atoms with van der Waals surface area (Å²) in [6, 6.07) is 8.07. The van der Waals surface area contributed by atoms with E-state index in [-0.39, 0.29) is 18.0 Å². The highest BCUT2D eigenvalue weighted by atomic mass is 16.5. The molecular formula is C16H22N2O2. The van der Waals surface area contributed by atoms with Gasteiger partial charge in [0.15, 0.2) is 0 Å². The fraction of sp³-hybridized carbons (Fsp3) is 0.438. The average Bonchev–Trinajstić information content (AvgIpc) is 2.45. The number of benzene rings is 1. The number of carbonyl (C=O) groups is 1. The number of hydrogen-bond donors (Lipinski definition) is 1. The minimum absolute atomic E-state index is 0.0484. The van der Waals surface area contributed by atoms with Gasteiger partial charge in [-0.1, -0.05) is 12.1 Å². The van der Waals surface area contributed by atoms with E-state index in [1.807, 2.05) is 35.2 Å². The van der Waals surface area contributed by atoms with Gasteiger partial charge in [-0.2, -0.15) is 0 Å². The highest BCUT2D eigenvalue weighted by Gasteiger charge is 2.25. The van der Waals surface area contributed by atoms with Crippen LogP contribution in [0.4, 0.5) is 0 Å². The number of hydrogen-bond acceptors (Lipinski definition) is 3. The van der Waals surface area contributed by atoms with Crippen LogP contribution >= 0.6 is 0 Å². The van der Waals surface area contributed by atoms with Crippen molar-refractivity contribution >= 4 is 12.0 Å². The summed E-state index contributed by atoms with van der Waals surface area (Å²) in [5.41, 5.74) is 6.87. The van der Waals surface area contributed by atoms with Crippen molar-refractivity contribution in [1.82, 2.24) is 4.90 Å². The largest absolute Gasteiger partial charge is 0.497 e. The molecule has 1 saturated heterocycles. The minimum atomic E-state index is 0.0484. The number of carbonyl (C=O) groups excluding carboxylic acids is 1. The molecule has 0 bridgehead atoms. The van der Waals surface area contributed by atoms with Crippen LogP contribution in [0.25, 0.3) is 6.08 Å². The molecule has 1 fully saturated rings. The van der Waals surface area contributed by atoms with E-state index in [9.17, 15) is 4.79 Å². The summed E-state index contributed by atoms with van der Waals surface area (Å²) in [5.74, 6) is 0.837. The third kappa shape index (κ3) is 3.61. The second-order valence-corrected chi connectivity index (χ2v) is 5.28. The number of rotatable bonds is 3. The Morgan fingerprint density at radius 2 is 2.30 bits per heavy atom. The molecule has 1 heterocycles. The molecule has 2 rings (SSSR count). The predicted octanol–water partition coefficient (Wildman–Crippen LogP) is 2.05. The summed E-state index contributed by atoms with van der Waals surface area (Å²) in [6.45, 7) is 2.79. The van der Waals surface area contributed by atoms with Crippen molar-refractivity contribution in [2.75, 3.05) is 13.7 Å². The molecule has 0 radical (unpaired) electrons. The zero-order valence-corrected chi connectivity index (χ0v) is 12.1. The van der Waals surface area contributed by atoms with Crippen molar-refractivity contribution in [2.45, 2.75) is 31.8 Å². The van der Waals surface area contributed by atoms with Crippen molar-refractivity contribution in [3.8, 4) is 5.75 Å². The van der Waals surface area contributed by atoms with Crippen LogP contribution in [0.3, 0.4) is 0 Å². The third-order valence-electron chi connectivity index (χ3n) is 3.71. The molecule has 4 heteroatoms. The van der Waals surface area contributed by atoms with Crippen molar-refractivity contribution in [3.05, 3.63) is 35.9 Å². The Labute approximate surface area is 120 Å². The topological polar surface area (TPSA) is 55.6 Å². The summed E-state index contributed by atoms with van der Waals surface area (Å²) in [7, 11) is 1.63. The van der Waals surface area contributed by atoms with E-state index in [1.165, 1.54) is 0 Å². The van der Waals surface area contributed by atoms with Crippen LogP contribution in [-0.4, -0.2) is 36.5 Å². The van der Waals surface area contributed by atoms with Gasteiger partial charge in [-0.3, -0.25) is 4.79 Å². The molecule has 0 saturated carbocycles. The fourth-order valence-electron chi connectivity index (χ4n) is 2.54. The lowest BCUT2D eigenvalue weighted by atomic mass is 9.99. The highest BCUT2D eigenvalue weighted by Crippen LogP contribution is 2.17. The van der Waals surface area contributed by atoms with E-state index < -0.39 is 0 Å². The molecule has 108 valence electrons. The van der Waals surface area contributed by atoms with Crippen LogP contribution in [0, 0.1) is 0 Å². The minimum Gasteiger partial charge on any atom is -0.497 e. The highest BCUT2D eigenvalue weighted by molar-refractivity contribution is 5.92. The molecule has 4 nitrogen and oxygen atoms in total. The van der Waals surface area contributed by atoms with E-state index in [4.69, 9.17) is 10.5 Å². The van der Waals surface area contributed by atoms with Crippen molar-refractivity contribution < 1.29 is 9.53 Å². The molecule has 0 aliphatic carbocycles. The first-order chi connectivity index (χ1) is 9.60. The van der Waals surface area contributed by atoms with Crippen LogP contribution in [0.15, 0.2) is 30.3 Å². The molecule has 1 aliphatic heterocycles. The van der Waals surface area contributed by atoms with Crippen molar-refractivity contribution in [2.24, 2.45) is 5.73 Å². The van der Waals surface area contributed by atoms with Gasteiger partial charge in [0.2, 0.25) is 5.91 Å². The molecular weight excluding hydrogens is 252 g/mol. The first-order valence-electron chi connectivity index (χ1n) is 6.98. The summed E-state index contributed by atoms with van der Waals surface area (Å²) in [5, 5.41) is 0. The van der Waals surface area contributed by atoms with Gasteiger partial charge in [0.1, 0.15) is 5.75 Å². The lowest BCUT2D eigenvalue weighted by Crippen LogP contribution is -2.47. The zero-order valence-electron chi connectivity index (χ0n) is 12.1. The quantitative estimate of drug-likeness (QED) is 0.858. The monoisotopic (exact) mass is 274 g/mol. The summed E-state index contributed by atoms with van der Waals surface area (Å²) >= 11 is 0. The van der Waals surface area contributed by atoms with Crippen LogP contribution in [0.1, 0.15) is 25.3 Å². The van der Waals surface area contributed by atoms with Crippen molar-refractivity contribution in [3.63, 3.8) is 0 Å². The lowest BCUT2D eigenvalue weighted by molar-refractivity contribution is -0.129. The summed E-state index contributed by atoms with van der Waals surface area (Å²) < 4.78 is 5.16. The van der Waals surface area contributed by atoms with Crippen LogP contribution in [0.5, 0.6) is 5.75 Å². The van der Waals surface area contributed by atoms with Crippen molar-refractivity contribution in [1.29, 1.82) is 0 Å². The Morgan fingerprint density at radius 1 is 1.50 bits per heavy atom. The molecule has 2 unspecified atom stereocenters. The number of nitrogens with zero attached hydrogens (tertiary/aromatic N) is 1. The third-order valence-corrected chi connectivity index (χ3v) is 3.71. The number of amides is 1. The van der Waals surface area contributed by atoms with Gasteiger partial charge in [-0.05, 0) is 43.5 Å². The van der Waals surface area contributed by atoms with Crippen LogP contribution in [-0.2, 0) is 4.79 Å². The average molecular weight is 274 g/mol. The summed E-state index contributed by atoms with van der Waals surface area (Å²) in [6.07, 6.45) is 5.20. The van der Waals surface area contributed by atoms with Gasteiger partial charge in [0.25, 0.3) is 0 Å². The van der Waals surface area contributed by atoms with Gasteiger partial charge < -0.3 is 15.4 Å². The smallest absolute Gasteiger partial charge is 0.246 e. The standard InChI is InChI=1S/C16H22N2O2/c1-12-10-14(17)8-9-18(12)16(19)7-6-13-4-3-5-15(11-13)20-2/h3-7,11-12,14H,8-10,17H2,1-2H3. The predicted molar refractivity (Wildman–Crippen MR) is 80.4 cm³/mol. The van der Waals surface area contributed by atoms with E-state index in [1.54, 1.807) is 13.2 Å². The van der Waals surface area contributed by atoms with Gasteiger partial charge in [-0.15, -0.1) is 0 Å². The maximum atomic E-state index is 12.2. The Balaban J connectivity index is 2.01. The number of nitrogens with two attached hydrogens (primary N) is 1. The fourth-order valence-corrected chi connectivity index (χ4v) is 2.54. The van der Waals surface area contributed by atoms with E-state index in [0.29, 0.717) is 0 Å². The lowest BCUT2D eigenvalue weighted by Gasteiger charge is -2.35. The zero-order chi connectivity index (χ0) is 14.5.